The molecular formula is C12H14F2N2O. The van der Waals surface area contributed by atoms with Crippen LogP contribution in [0.15, 0.2) is 24.3 Å². The molecule has 1 heterocycles. The summed E-state index contributed by atoms with van der Waals surface area (Å²) in [5.74, 6) is -3.35. The molecule has 5 heteroatoms. The van der Waals surface area contributed by atoms with Gasteiger partial charge in [0.15, 0.2) is 0 Å². The van der Waals surface area contributed by atoms with Gasteiger partial charge in [-0.05, 0) is 18.1 Å². The van der Waals surface area contributed by atoms with E-state index in [0.29, 0.717) is 18.5 Å². The first-order chi connectivity index (χ1) is 8.03. The molecule has 0 aromatic heterocycles. The van der Waals surface area contributed by atoms with Crippen LogP contribution in [-0.4, -0.2) is 36.4 Å². The molecule has 1 aromatic rings. The average molecular weight is 240 g/mol. The summed E-state index contributed by atoms with van der Waals surface area (Å²) in [7, 11) is 0. The van der Waals surface area contributed by atoms with Gasteiger partial charge in [-0.25, -0.2) is 8.78 Å². The SMILES string of the molecule is NCC(F)(F)CN1CCc2ccccc2C1=O. The van der Waals surface area contributed by atoms with Crippen LogP contribution in [0.1, 0.15) is 15.9 Å². The van der Waals surface area contributed by atoms with E-state index in [2.05, 4.69) is 0 Å². The van der Waals surface area contributed by atoms with Crippen molar-refractivity contribution in [1.29, 1.82) is 0 Å². The lowest BCUT2D eigenvalue weighted by atomic mass is 9.99. The van der Waals surface area contributed by atoms with Crippen LogP contribution >= 0.6 is 0 Å². The van der Waals surface area contributed by atoms with Crippen LogP contribution < -0.4 is 5.73 Å². The van der Waals surface area contributed by atoms with E-state index in [-0.39, 0.29) is 5.91 Å². The highest BCUT2D eigenvalue weighted by Crippen LogP contribution is 2.22. The average Bonchev–Trinajstić information content (AvgIpc) is 2.33. The second kappa shape index (κ2) is 4.41. The van der Waals surface area contributed by atoms with Gasteiger partial charge < -0.3 is 10.6 Å². The third-order valence-electron chi connectivity index (χ3n) is 2.91. The summed E-state index contributed by atoms with van der Waals surface area (Å²) < 4.78 is 26.3. The molecule has 0 saturated heterocycles. The Morgan fingerprint density at radius 1 is 1.35 bits per heavy atom. The van der Waals surface area contributed by atoms with Crippen LogP contribution in [0, 0.1) is 0 Å². The van der Waals surface area contributed by atoms with Crippen LogP contribution in [-0.2, 0) is 6.42 Å². The molecule has 92 valence electrons. The van der Waals surface area contributed by atoms with Crippen molar-refractivity contribution < 1.29 is 13.6 Å². The van der Waals surface area contributed by atoms with Gasteiger partial charge in [0.1, 0.15) is 0 Å². The molecule has 2 rings (SSSR count). The van der Waals surface area contributed by atoms with E-state index in [9.17, 15) is 13.6 Å². The molecule has 0 spiro atoms. The van der Waals surface area contributed by atoms with Crippen LogP contribution in [0.5, 0.6) is 0 Å². The van der Waals surface area contributed by atoms with E-state index in [4.69, 9.17) is 5.73 Å². The Morgan fingerprint density at radius 3 is 2.76 bits per heavy atom. The van der Waals surface area contributed by atoms with E-state index in [0.717, 1.165) is 5.56 Å². The number of alkyl halides is 2. The Labute approximate surface area is 98.2 Å². The maximum absolute atomic E-state index is 13.2. The number of nitrogens with two attached hydrogens (primary N) is 1. The number of hydrogen-bond donors (Lipinski definition) is 1. The van der Waals surface area contributed by atoms with Crippen molar-refractivity contribution in [2.24, 2.45) is 5.73 Å². The Bertz CT molecular complexity index is 434. The molecule has 1 aliphatic rings. The normalized spacial score (nSPS) is 15.9. The van der Waals surface area contributed by atoms with Crippen molar-refractivity contribution in [1.82, 2.24) is 4.90 Å². The molecular weight excluding hydrogens is 226 g/mol. The summed E-state index contributed by atoms with van der Waals surface area (Å²) in [5.41, 5.74) is 6.42. The Kier molecular flexibility index (Phi) is 3.11. The first-order valence-corrected chi connectivity index (χ1v) is 5.48. The highest BCUT2D eigenvalue weighted by molar-refractivity contribution is 5.96. The first-order valence-electron chi connectivity index (χ1n) is 5.48. The van der Waals surface area contributed by atoms with Gasteiger partial charge in [0, 0.05) is 12.1 Å². The lowest BCUT2D eigenvalue weighted by Crippen LogP contribution is -2.47. The van der Waals surface area contributed by atoms with Gasteiger partial charge in [0.2, 0.25) is 0 Å². The van der Waals surface area contributed by atoms with Gasteiger partial charge >= 0.3 is 0 Å². The Balaban J connectivity index is 2.18. The number of benzene rings is 1. The van der Waals surface area contributed by atoms with E-state index in [1.165, 1.54) is 4.90 Å². The predicted octanol–water partition coefficient (Wildman–Crippen LogP) is 1.28. The minimum atomic E-state index is -3.01. The molecule has 0 radical (unpaired) electrons. The number of amides is 1. The molecule has 17 heavy (non-hydrogen) atoms. The van der Waals surface area contributed by atoms with Crippen molar-refractivity contribution >= 4 is 5.91 Å². The molecule has 0 fully saturated rings. The highest BCUT2D eigenvalue weighted by atomic mass is 19.3. The lowest BCUT2D eigenvalue weighted by molar-refractivity contribution is -0.0200. The van der Waals surface area contributed by atoms with Crippen molar-refractivity contribution in [2.45, 2.75) is 12.3 Å². The number of rotatable bonds is 3. The van der Waals surface area contributed by atoms with Gasteiger partial charge in [0.05, 0.1) is 13.1 Å². The van der Waals surface area contributed by atoms with Crippen molar-refractivity contribution in [3.63, 3.8) is 0 Å². The third kappa shape index (κ3) is 2.44. The van der Waals surface area contributed by atoms with Gasteiger partial charge in [-0.3, -0.25) is 4.79 Å². The molecule has 0 saturated carbocycles. The summed E-state index contributed by atoms with van der Waals surface area (Å²) in [6.07, 6.45) is 0.614. The first kappa shape index (κ1) is 12.0. The van der Waals surface area contributed by atoms with Gasteiger partial charge in [-0.15, -0.1) is 0 Å². The predicted molar refractivity (Wildman–Crippen MR) is 60.1 cm³/mol. The highest BCUT2D eigenvalue weighted by Gasteiger charge is 2.34. The fraction of sp³-hybridized carbons (Fsp3) is 0.417. The topological polar surface area (TPSA) is 46.3 Å². The maximum Gasteiger partial charge on any atom is 0.277 e. The number of carbonyl (C=O) groups excluding carboxylic acids is 1. The fourth-order valence-corrected chi connectivity index (χ4v) is 1.97. The maximum atomic E-state index is 13.2. The van der Waals surface area contributed by atoms with Crippen molar-refractivity contribution in [3.8, 4) is 0 Å². The second-order valence-corrected chi connectivity index (χ2v) is 4.19. The molecule has 0 bridgehead atoms. The van der Waals surface area contributed by atoms with Crippen LogP contribution in [0.4, 0.5) is 8.78 Å². The summed E-state index contributed by atoms with van der Waals surface area (Å²) in [5, 5.41) is 0. The zero-order chi connectivity index (χ0) is 12.5. The van der Waals surface area contributed by atoms with Gasteiger partial charge in [-0.1, -0.05) is 18.2 Å². The molecule has 1 aliphatic heterocycles. The lowest BCUT2D eigenvalue weighted by Gasteiger charge is -2.31. The van der Waals surface area contributed by atoms with Crippen LogP contribution in [0.3, 0.4) is 0 Å². The molecule has 1 aromatic carbocycles. The smallest absolute Gasteiger partial charge is 0.277 e. The summed E-state index contributed by atoms with van der Waals surface area (Å²) in [6, 6.07) is 7.10. The minimum absolute atomic E-state index is 0.325. The quantitative estimate of drug-likeness (QED) is 0.865. The molecule has 2 N–H and O–H groups in total. The Hall–Kier alpha value is -1.49. The molecule has 0 unspecified atom stereocenters. The molecule has 0 aliphatic carbocycles. The number of fused-ring (bicyclic) bond motifs is 1. The van der Waals surface area contributed by atoms with Gasteiger partial charge in [0.25, 0.3) is 11.8 Å². The standard InChI is InChI=1S/C12H14F2N2O/c13-12(14,7-15)8-16-6-5-9-3-1-2-4-10(9)11(16)17/h1-4H,5-8,15H2. The number of carbonyl (C=O) groups is 1. The third-order valence-corrected chi connectivity index (χ3v) is 2.91. The summed E-state index contributed by atoms with van der Waals surface area (Å²) in [6.45, 7) is -1.01. The van der Waals surface area contributed by atoms with Crippen molar-refractivity contribution in [3.05, 3.63) is 35.4 Å². The van der Waals surface area contributed by atoms with E-state index in [1.807, 2.05) is 12.1 Å². The van der Waals surface area contributed by atoms with Crippen molar-refractivity contribution in [2.75, 3.05) is 19.6 Å². The second-order valence-electron chi connectivity index (χ2n) is 4.19. The van der Waals surface area contributed by atoms with Crippen LogP contribution in [0.2, 0.25) is 0 Å². The molecule has 0 atom stereocenters. The Morgan fingerprint density at radius 2 is 2.06 bits per heavy atom. The molecule has 3 nitrogen and oxygen atoms in total. The van der Waals surface area contributed by atoms with Gasteiger partial charge in [-0.2, -0.15) is 0 Å². The minimum Gasteiger partial charge on any atom is -0.332 e. The van der Waals surface area contributed by atoms with E-state index < -0.39 is 19.0 Å². The molecule has 1 amide bonds. The monoisotopic (exact) mass is 240 g/mol. The zero-order valence-electron chi connectivity index (χ0n) is 9.33. The fourth-order valence-electron chi connectivity index (χ4n) is 1.97. The van der Waals surface area contributed by atoms with E-state index in [1.54, 1.807) is 12.1 Å². The number of halogens is 2. The summed E-state index contributed by atoms with van der Waals surface area (Å²) in [4.78, 5) is 13.1. The van der Waals surface area contributed by atoms with E-state index >= 15 is 0 Å². The largest absolute Gasteiger partial charge is 0.332 e. The summed E-state index contributed by atoms with van der Waals surface area (Å²) >= 11 is 0. The van der Waals surface area contributed by atoms with Crippen LogP contribution in [0.25, 0.3) is 0 Å². The zero-order valence-corrected chi connectivity index (χ0v) is 9.33. The number of nitrogens with zero attached hydrogens (tertiary/aromatic N) is 1. The number of hydrogen-bond acceptors (Lipinski definition) is 2.